The monoisotopic (exact) mass is 642 g/mol. The van der Waals surface area contributed by atoms with Crippen LogP contribution in [0.5, 0.6) is 5.75 Å². The summed E-state index contributed by atoms with van der Waals surface area (Å²) in [5, 5.41) is 6.08. The Morgan fingerprint density at radius 2 is 2.00 bits per heavy atom. The van der Waals surface area contributed by atoms with E-state index in [1.54, 1.807) is 13.2 Å². The Morgan fingerprint density at radius 1 is 1.16 bits per heavy atom. The highest BCUT2D eigenvalue weighted by molar-refractivity contribution is 7.89. The molecule has 238 valence electrons. The van der Waals surface area contributed by atoms with Crippen LogP contribution in [0.25, 0.3) is 0 Å². The van der Waals surface area contributed by atoms with E-state index in [4.69, 9.17) is 31.0 Å². The van der Waals surface area contributed by atoms with Gasteiger partial charge in [0.25, 0.3) is 0 Å². The third kappa shape index (κ3) is 6.39. The number of nitrogens with two attached hydrogens (primary N) is 1. The molecule has 6 rings (SSSR count). The van der Waals surface area contributed by atoms with Crippen LogP contribution in [0, 0.1) is 17.8 Å². The fraction of sp³-hybridized carbons (Fsp3) is 0.559. The van der Waals surface area contributed by atoms with Crippen molar-refractivity contribution in [2.75, 3.05) is 44.6 Å². The summed E-state index contributed by atoms with van der Waals surface area (Å²) in [6, 6.07) is 11.9. The van der Waals surface area contributed by atoms with Crippen LogP contribution in [0.15, 0.2) is 48.0 Å². The number of carbonyl (C=O) groups excluding carboxylic acids is 1. The van der Waals surface area contributed by atoms with Gasteiger partial charge in [-0.2, -0.15) is 0 Å². The van der Waals surface area contributed by atoms with Gasteiger partial charge in [0.05, 0.1) is 36.8 Å². The molecule has 8 nitrogen and oxygen atoms in total. The SMILES string of the molecule is COC(=O)c1ccc2c(c1)N(C[C@@H]1CC[C@H]1[C@H](OC)C1=CC[C@@H](CS(N)(=O)=O)CC1)C[C@@]1(CCCc3cc(Cl)ccc31)CO2. The van der Waals surface area contributed by atoms with Gasteiger partial charge in [-0.15, -0.1) is 0 Å². The maximum Gasteiger partial charge on any atom is 0.337 e. The Balaban J connectivity index is 1.29. The molecule has 1 saturated carbocycles. The number of sulfonamides is 1. The van der Waals surface area contributed by atoms with Crippen molar-refractivity contribution in [3.05, 3.63) is 69.8 Å². The van der Waals surface area contributed by atoms with E-state index in [1.807, 2.05) is 18.2 Å². The van der Waals surface area contributed by atoms with E-state index in [0.29, 0.717) is 30.4 Å². The number of hydrogen-bond acceptors (Lipinski definition) is 7. The van der Waals surface area contributed by atoms with Crippen LogP contribution in [-0.2, 0) is 31.3 Å². The number of primary sulfonamides is 1. The number of fused-ring (bicyclic) bond motifs is 3. The number of allylic oxidation sites excluding steroid dienone is 1. The molecule has 0 radical (unpaired) electrons. The first-order chi connectivity index (χ1) is 21.1. The van der Waals surface area contributed by atoms with E-state index in [2.05, 4.69) is 23.1 Å². The summed E-state index contributed by atoms with van der Waals surface area (Å²) < 4.78 is 41.1. The van der Waals surface area contributed by atoms with Crippen molar-refractivity contribution in [1.82, 2.24) is 0 Å². The summed E-state index contributed by atoms with van der Waals surface area (Å²) in [5.41, 5.74) is 5.10. The van der Waals surface area contributed by atoms with E-state index in [1.165, 1.54) is 23.8 Å². The normalized spacial score (nSPS) is 27.2. The number of hydrogen-bond donors (Lipinski definition) is 1. The molecule has 2 aromatic carbocycles. The minimum Gasteiger partial charge on any atom is -0.490 e. The van der Waals surface area contributed by atoms with Crippen LogP contribution in [0.4, 0.5) is 5.69 Å². The third-order valence-electron chi connectivity index (χ3n) is 10.4. The number of rotatable bonds is 8. The molecule has 1 fully saturated rings. The Bertz CT molecular complexity index is 1540. The number of esters is 1. The smallest absolute Gasteiger partial charge is 0.337 e. The van der Waals surface area contributed by atoms with Crippen molar-refractivity contribution >= 4 is 33.3 Å². The van der Waals surface area contributed by atoms with Gasteiger partial charge >= 0.3 is 5.97 Å². The number of anilines is 1. The molecule has 1 spiro atoms. The fourth-order valence-electron chi connectivity index (χ4n) is 8.11. The molecule has 2 N–H and O–H groups in total. The van der Waals surface area contributed by atoms with E-state index in [0.717, 1.165) is 74.5 Å². The molecule has 3 aliphatic carbocycles. The quantitative estimate of drug-likeness (QED) is 0.293. The van der Waals surface area contributed by atoms with Gasteiger partial charge in [-0.3, -0.25) is 0 Å². The molecule has 5 atom stereocenters. The molecule has 4 aliphatic rings. The van der Waals surface area contributed by atoms with Crippen molar-refractivity contribution in [1.29, 1.82) is 0 Å². The summed E-state index contributed by atoms with van der Waals surface area (Å²) in [5.74, 6) is 1.25. The van der Waals surface area contributed by atoms with E-state index in [-0.39, 0.29) is 29.2 Å². The van der Waals surface area contributed by atoms with Crippen LogP contribution in [0.2, 0.25) is 5.02 Å². The highest BCUT2D eigenvalue weighted by atomic mass is 35.5. The second-order valence-electron chi connectivity index (χ2n) is 13.2. The number of carbonyl (C=O) groups is 1. The lowest BCUT2D eigenvalue weighted by Gasteiger charge is -2.47. The number of aryl methyl sites for hydroxylation is 1. The fourth-order valence-corrected chi connectivity index (χ4v) is 9.26. The Hall–Kier alpha value is -2.59. The van der Waals surface area contributed by atoms with Crippen LogP contribution < -0.4 is 14.8 Å². The van der Waals surface area contributed by atoms with Gasteiger partial charge in [0.15, 0.2) is 0 Å². The van der Waals surface area contributed by atoms with Crippen molar-refractivity contribution in [2.24, 2.45) is 22.9 Å². The lowest BCUT2D eigenvalue weighted by Crippen LogP contribution is -2.50. The second-order valence-corrected chi connectivity index (χ2v) is 15.3. The number of halogens is 1. The first-order valence-corrected chi connectivity index (χ1v) is 17.8. The average Bonchev–Trinajstić information content (AvgIpc) is 3.14. The van der Waals surface area contributed by atoms with Crippen molar-refractivity contribution in [2.45, 2.75) is 62.9 Å². The summed E-state index contributed by atoms with van der Waals surface area (Å²) in [6.45, 7) is 2.15. The van der Waals surface area contributed by atoms with E-state index in [9.17, 15) is 13.2 Å². The van der Waals surface area contributed by atoms with Crippen molar-refractivity contribution in [3.8, 4) is 5.75 Å². The van der Waals surface area contributed by atoms with Gasteiger partial charge in [0, 0.05) is 30.6 Å². The minimum atomic E-state index is -3.48. The molecular formula is C34H43ClN2O6S. The van der Waals surface area contributed by atoms with Gasteiger partial charge in [-0.1, -0.05) is 23.7 Å². The summed E-state index contributed by atoms with van der Waals surface area (Å²) >= 11 is 6.42. The Labute approximate surface area is 265 Å². The molecule has 0 unspecified atom stereocenters. The molecule has 1 aliphatic heterocycles. The second kappa shape index (κ2) is 12.7. The molecule has 44 heavy (non-hydrogen) atoms. The van der Waals surface area contributed by atoms with Gasteiger partial charge < -0.3 is 19.1 Å². The Kier molecular flexibility index (Phi) is 9.03. The number of nitrogens with zero attached hydrogens (tertiary/aromatic N) is 1. The lowest BCUT2D eigenvalue weighted by atomic mass is 9.66. The number of ether oxygens (including phenoxy) is 3. The maximum atomic E-state index is 12.6. The first-order valence-electron chi connectivity index (χ1n) is 15.7. The van der Waals surface area contributed by atoms with E-state index >= 15 is 0 Å². The highest BCUT2D eigenvalue weighted by Gasteiger charge is 2.45. The van der Waals surface area contributed by atoms with Gasteiger partial charge in [0.2, 0.25) is 10.0 Å². The highest BCUT2D eigenvalue weighted by Crippen LogP contribution is 2.48. The van der Waals surface area contributed by atoms with Gasteiger partial charge in [0.1, 0.15) is 5.75 Å². The standard InChI is InChI=1S/C34H43ClN2O6S/c1-41-32(23-7-5-22(6-8-23)19-44(36,39)40)28-12-9-26(28)18-37-20-34(15-3-4-24-16-27(35)11-13-29(24)34)21-43-31-14-10-25(17-30(31)37)33(38)42-2/h7,10-11,13-14,16-17,22,26,28,32H,3-6,8-9,12,15,18-21H2,1-2H3,(H2,36,39,40)/t22-,26+,28-,32-,34+/m1/s1. The summed E-state index contributed by atoms with van der Waals surface area (Å²) in [7, 11) is -0.293. The summed E-state index contributed by atoms with van der Waals surface area (Å²) in [4.78, 5) is 15.0. The Morgan fingerprint density at radius 3 is 2.68 bits per heavy atom. The molecular weight excluding hydrogens is 600 g/mol. The lowest BCUT2D eigenvalue weighted by molar-refractivity contribution is 0.00323. The van der Waals surface area contributed by atoms with Crippen LogP contribution in [-0.4, -0.2) is 60.2 Å². The zero-order chi connectivity index (χ0) is 31.1. The zero-order valence-corrected chi connectivity index (χ0v) is 27.2. The minimum absolute atomic E-state index is 0.000191. The van der Waals surface area contributed by atoms with Crippen LogP contribution in [0.3, 0.4) is 0 Å². The van der Waals surface area contributed by atoms with Crippen molar-refractivity contribution < 1.29 is 27.4 Å². The van der Waals surface area contributed by atoms with E-state index < -0.39 is 10.0 Å². The van der Waals surface area contributed by atoms with Crippen LogP contribution >= 0.6 is 11.6 Å². The predicted molar refractivity (Wildman–Crippen MR) is 172 cm³/mol. The van der Waals surface area contributed by atoms with Gasteiger partial charge in [-0.25, -0.2) is 18.4 Å². The predicted octanol–water partition coefficient (Wildman–Crippen LogP) is 5.66. The zero-order valence-electron chi connectivity index (χ0n) is 25.6. The molecule has 1 heterocycles. The molecule has 0 aromatic heterocycles. The largest absolute Gasteiger partial charge is 0.490 e. The topological polar surface area (TPSA) is 108 Å². The molecule has 0 saturated heterocycles. The molecule has 0 amide bonds. The van der Waals surface area contributed by atoms with Crippen LogP contribution in [0.1, 0.15) is 66.4 Å². The summed E-state index contributed by atoms with van der Waals surface area (Å²) in [6.07, 6.45) is 9.78. The third-order valence-corrected chi connectivity index (χ3v) is 11.6. The molecule has 2 aromatic rings. The molecule has 0 bridgehead atoms. The average molecular weight is 643 g/mol. The first kappa shape index (κ1) is 31.4. The van der Waals surface area contributed by atoms with Gasteiger partial charge in [-0.05, 0) is 116 Å². The van der Waals surface area contributed by atoms with Crippen molar-refractivity contribution in [3.63, 3.8) is 0 Å². The maximum absolute atomic E-state index is 12.6. The number of methoxy groups -OCH3 is 2. The molecule has 10 heteroatoms. The number of benzene rings is 2.